The van der Waals surface area contributed by atoms with Crippen molar-refractivity contribution in [2.75, 3.05) is 6.54 Å². The number of aromatic nitrogens is 3. The van der Waals surface area contributed by atoms with Gasteiger partial charge >= 0.3 is 0 Å². The van der Waals surface area contributed by atoms with Gasteiger partial charge < -0.3 is 4.74 Å². The van der Waals surface area contributed by atoms with Crippen LogP contribution in [-0.2, 0) is 13.1 Å². The average Bonchev–Trinajstić information content (AvgIpc) is 3.14. The Balaban J connectivity index is 1.69. The smallest absolute Gasteiger partial charge is 0.137 e. The van der Waals surface area contributed by atoms with Crippen molar-refractivity contribution >= 4 is 0 Å². The fourth-order valence-corrected chi connectivity index (χ4v) is 3.08. The van der Waals surface area contributed by atoms with Gasteiger partial charge in [0.05, 0.1) is 12.6 Å². The first-order chi connectivity index (χ1) is 10.7. The molecule has 2 aromatic rings. The summed E-state index contributed by atoms with van der Waals surface area (Å²) in [6.45, 7) is 7.12. The molecule has 0 N–H and O–H groups in total. The molecule has 1 aliphatic heterocycles. The standard InChI is InChI=1S/C17H24N4O/c1-14(2)22-17-8-4-3-6-15(17)10-20-9-5-7-16(20)11-21-13-18-12-19-21/h3-4,6,8,12-14,16H,5,7,9-11H2,1-2H3. The summed E-state index contributed by atoms with van der Waals surface area (Å²) in [6, 6.07) is 8.89. The highest BCUT2D eigenvalue weighted by atomic mass is 16.5. The lowest BCUT2D eigenvalue weighted by Gasteiger charge is -2.25. The first kappa shape index (κ1) is 15.0. The van der Waals surface area contributed by atoms with E-state index in [1.165, 1.54) is 18.4 Å². The lowest BCUT2D eigenvalue weighted by Crippen LogP contribution is -2.32. The maximum atomic E-state index is 5.94. The summed E-state index contributed by atoms with van der Waals surface area (Å²) in [6.07, 6.45) is 6.06. The number of para-hydroxylation sites is 1. The number of ether oxygens (including phenoxy) is 1. The summed E-state index contributed by atoms with van der Waals surface area (Å²) >= 11 is 0. The number of benzene rings is 1. The topological polar surface area (TPSA) is 43.2 Å². The van der Waals surface area contributed by atoms with E-state index in [4.69, 9.17) is 4.74 Å². The van der Waals surface area contributed by atoms with Crippen molar-refractivity contribution in [1.82, 2.24) is 19.7 Å². The molecular formula is C17H24N4O. The molecule has 0 saturated carbocycles. The summed E-state index contributed by atoms with van der Waals surface area (Å²) < 4.78 is 7.87. The Labute approximate surface area is 131 Å². The number of nitrogens with zero attached hydrogens (tertiary/aromatic N) is 4. The van der Waals surface area contributed by atoms with E-state index in [2.05, 4.69) is 47.0 Å². The second kappa shape index (κ2) is 6.92. The normalized spacial score (nSPS) is 19.0. The van der Waals surface area contributed by atoms with Gasteiger partial charge in [-0.15, -0.1) is 0 Å². The van der Waals surface area contributed by atoms with Crippen LogP contribution in [0, 0.1) is 0 Å². The largest absolute Gasteiger partial charge is 0.491 e. The Kier molecular flexibility index (Phi) is 4.73. The Morgan fingerprint density at radius 1 is 1.32 bits per heavy atom. The van der Waals surface area contributed by atoms with Crippen molar-refractivity contribution < 1.29 is 4.74 Å². The van der Waals surface area contributed by atoms with Crippen LogP contribution in [0.3, 0.4) is 0 Å². The fourth-order valence-electron chi connectivity index (χ4n) is 3.08. The molecule has 1 saturated heterocycles. The molecule has 5 heteroatoms. The van der Waals surface area contributed by atoms with Crippen LogP contribution in [-0.4, -0.2) is 38.4 Å². The van der Waals surface area contributed by atoms with Crippen molar-refractivity contribution in [3.63, 3.8) is 0 Å². The van der Waals surface area contributed by atoms with Gasteiger partial charge in [-0.3, -0.25) is 9.58 Å². The number of hydrogen-bond donors (Lipinski definition) is 0. The molecule has 118 valence electrons. The molecular weight excluding hydrogens is 276 g/mol. The summed E-state index contributed by atoms with van der Waals surface area (Å²) in [5, 5.41) is 4.23. The Bertz CT molecular complexity index is 582. The van der Waals surface area contributed by atoms with Crippen LogP contribution >= 0.6 is 0 Å². The van der Waals surface area contributed by atoms with Crippen LogP contribution < -0.4 is 4.74 Å². The third kappa shape index (κ3) is 3.65. The molecule has 2 heterocycles. The van der Waals surface area contributed by atoms with Crippen LogP contribution in [0.25, 0.3) is 0 Å². The van der Waals surface area contributed by atoms with Crippen LogP contribution in [0.4, 0.5) is 0 Å². The Morgan fingerprint density at radius 3 is 2.95 bits per heavy atom. The number of rotatable bonds is 6. The van der Waals surface area contributed by atoms with Crippen molar-refractivity contribution in [2.24, 2.45) is 0 Å². The van der Waals surface area contributed by atoms with Gasteiger partial charge in [-0.1, -0.05) is 18.2 Å². The van der Waals surface area contributed by atoms with E-state index in [9.17, 15) is 0 Å². The fraction of sp³-hybridized carbons (Fsp3) is 0.529. The Morgan fingerprint density at radius 2 is 2.18 bits per heavy atom. The van der Waals surface area contributed by atoms with Crippen molar-refractivity contribution in [1.29, 1.82) is 0 Å². The van der Waals surface area contributed by atoms with Crippen LogP contribution in [0.2, 0.25) is 0 Å². The quantitative estimate of drug-likeness (QED) is 0.823. The molecule has 0 spiro atoms. The van der Waals surface area contributed by atoms with Gasteiger partial charge in [0.15, 0.2) is 0 Å². The molecule has 0 aliphatic carbocycles. The highest BCUT2D eigenvalue weighted by Gasteiger charge is 2.25. The highest BCUT2D eigenvalue weighted by Crippen LogP contribution is 2.26. The second-order valence-electron chi connectivity index (χ2n) is 6.16. The zero-order valence-electron chi connectivity index (χ0n) is 13.4. The molecule has 3 rings (SSSR count). The number of hydrogen-bond acceptors (Lipinski definition) is 4. The van der Waals surface area contributed by atoms with E-state index in [0.29, 0.717) is 6.04 Å². The molecule has 1 unspecified atom stereocenters. The molecule has 0 amide bonds. The van der Waals surface area contributed by atoms with Gasteiger partial charge in [0.1, 0.15) is 18.4 Å². The van der Waals surface area contributed by atoms with Gasteiger partial charge in [0.25, 0.3) is 0 Å². The van der Waals surface area contributed by atoms with Crippen LogP contribution in [0.1, 0.15) is 32.3 Å². The van der Waals surface area contributed by atoms with Gasteiger partial charge in [-0.2, -0.15) is 5.10 Å². The molecule has 1 atom stereocenters. The molecule has 22 heavy (non-hydrogen) atoms. The predicted molar refractivity (Wildman–Crippen MR) is 85.7 cm³/mol. The Hall–Kier alpha value is -1.88. The predicted octanol–water partition coefficient (Wildman–Crippen LogP) is 2.73. The van der Waals surface area contributed by atoms with E-state index < -0.39 is 0 Å². The van der Waals surface area contributed by atoms with E-state index >= 15 is 0 Å². The summed E-state index contributed by atoms with van der Waals surface area (Å²) in [5.74, 6) is 1.00. The van der Waals surface area contributed by atoms with Gasteiger partial charge in [0, 0.05) is 18.2 Å². The van der Waals surface area contributed by atoms with E-state index in [-0.39, 0.29) is 6.10 Å². The minimum atomic E-state index is 0.200. The van der Waals surface area contributed by atoms with Crippen molar-refractivity contribution in [3.05, 3.63) is 42.5 Å². The molecule has 1 aromatic carbocycles. The maximum Gasteiger partial charge on any atom is 0.137 e. The minimum absolute atomic E-state index is 0.200. The molecule has 0 radical (unpaired) electrons. The molecule has 5 nitrogen and oxygen atoms in total. The molecule has 1 aliphatic rings. The zero-order chi connectivity index (χ0) is 15.4. The third-order valence-corrected chi connectivity index (χ3v) is 4.07. The van der Waals surface area contributed by atoms with E-state index in [0.717, 1.165) is 25.4 Å². The lowest BCUT2D eigenvalue weighted by molar-refractivity contribution is 0.206. The van der Waals surface area contributed by atoms with Gasteiger partial charge in [-0.05, 0) is 39.3 Å². The monoisotopic (exact) mass is 300 g/mol. The first-order valence-corrected chi connectivity index (χ1v) is 8.03. The van der Waals surface area contributed by atoms with Crippen molar-refractivity contribution in [2.45, 2.75) is 51.9 Å². The van der Waals surface area contributed by atoms with Crippen LogP contribution in [0.15, 0.2) is 36.9 Å². The van der Waals surface area contributed by atoms with Gasteiger partial charge in [-0.25, -0.2) is 4.98 Å². The zero-order valence-corrected chi connectivity index (χ0v) is 13.4. The SMILES string of the molecule is CC(C)Oc1ccccc1CN1CCCC1Cn1cncn1. The maximum absolute atomic E-state index is 5.94. The lowest BCUT2D eigenvalue weighted by atomic mass is 10.1. The molecule has 1 fully saturated rings. The first-order valence-electron chi connectivity index (χ1n) is 8.03. The molecule has 0 bridgehead atoms. The van der Waals surface area contributed by atoms with Gasteiger partial charge in [0.2, 0.25) is 0 Å². The average molecular weight is 300 g/mol. The summed E-state index contributed by atoms with van der Waals surface area (Å²) in [5.41, 5.74) is 1.27. The summed E-state index contributed by atoms with van der Waals surface area (Å²) in [4.78, 5) is 6.57. The molecule has 1 aromatic heterocycles. The van der Waals surface area contributed by atoms with Crippen LogP contribution in [0.5, 0.6) is 5.75 Å². The highest BCUT2D eigenvalue weighted by molar-refractivity contribution is 5.33. The second-order valence-corrected chi connectivity index (χ2v) is 6.16. The van der Waals surface area contributed by atoms with E-state index in [1.807, 2.05) is 10.7 Å². The third-order valence-electron chi connectivity index (χ3n) is 4.07. The van der Waals surface area contributed by atoms with Crippen molar-refractivity contribution in [3.8, 4) is 5.75 Å². The van der Waals surface area contributed by atoms with E-state index in [1.54, 1.807) is 12.7 Å². The summed E-state index contributed by atoms with van der Waals surface area (Å²) in [7, 11) is 0. The number of likely N-dealkylation sites (tertiary alicyclic amines) is 1. The minimum Gasteiger partial charge on any atom is -0.491 e.